The van der Waals surface area contributed by atoms with Crippen molar-refractivity contribution in [1.29, 1.82) is 0 Å². The molecule has 0 unspecified atom stereocenters. The average Bonchev–Trinajstić information content (AvgIpc) is 2.70. The Morgan fingerprint density at radius 1 is 1.07 bits per heavy atom. The molecule has 4 nitrogen and oxygen atoms in total. The molecule has 1 N–H and O–H groups in total. The first-order valence-corrected chi connectivity index (χ1v) is 9.77. The van der Waals surface area contributed by atoms with E-state index in [0.29, 0.717) is 11.7 Å². The zero-order valence-electron chi connectivity index (χ0n) is 15.4. The van der Waals surface area contributed by atoms with Crippen LogP contribution in [0.3, 0.4) is 0 Å². The molecule has 0 aliphatic carbocycles. The molecule has 0 bridgehead atoms. The molecule has 0 aromatic heterocycles. The second kappa shape index (κ2) is 10.3. The van der Waals surface area contributed by atoms with Crippen molar-refractivity contribution in [2.45, 2.75) is 13.0 Å². The van der Waals surface area contributed by atoms with Crippen molar-refractivity contribution in [3.8, 4) is 0 Å². The fraction of sp³-hybridized carbons (Fsp3) is 0.381. The van der Waals surface area contributed by atoms with Crippen molar-refractivity contribution in [2.75, 3.05) is 44.7 Å². The number of para-hydroxylation sites is 1. The number of morpholine rings is 1. The van der Waals surface area contributed by atoms with Gasteiger partial charge in [-0.1, -0.05) is 30.3 Å². The summed E-state index contributed by atoms with van der Waals surface area (Å²) in [5.41, 5.74) is 2.01. The average molecular weight is 388 g/mol. The maximum Gasteiger partial charge on any atom is 0.173 e. The summed E-state index contributed by atoms with van der Waals surface area (Å²) in [6, 6.07) is 16.6. The Labute approximate surface area is 165 Å². The molecule has 144 valence electrons. The molecule has 1 fully saturated rings. The van der Waals surface area contributed by atoms with E-state index in [2.05, 4.69) is 15.1 Å². The van der Waals surface area contributed by atoms with E-state index in [0.717, 1.165) is 57.1 Å². The van der Waals surface area contributed by atoms with Crippen LogP contribution in [0.5, 0.6) is 0 Å². The van der Waals surface area contributed by atoms with Gasteiger partial charge in [0, 0.05) is 38.4 Å². The summed E-state index contributed by atoms with van der Waals surface area (Å²) in [6.07, 6.45) is 1.01. The second-order valence-electron chi connectivity index (χ2n) is 6.65. The van der Waals surface area contributed by atoms with E-state index in [9.17, 15) is 4.39 Å². The Kier molecular flexibility index (Phi) is 7.56. The first-order chi connectivity index (χ1) is 13.2. The van der Waals surface area contributed by atoms with Crippen molar-refractivity contribution >= 4 is 23.0 Å². The predicted octanol–water partition coefficient (Wildman–Crippen LogP) is 3.75. The molecule has 6 heteroatoms. The summed E-state index contributed by atoms with van der Waals surface area (Å²) < 4.78 is 18.6. The van der Waals surface area contributed by atoms with E-state index in [4.69, 9.17) is 17.0 Å². The normalized spacial score (nSPS) is 14.7. The van der Waals surface area contributed by atoms with Crippen LogP contribution in [0.2, 0.25) is 0 Å². The zero-order chi connectivity index (χ0) is 18.9. The lowest BCUT2D eigenvalue weighted by atomic mass is 10.2. The van der Waals surface area contributed by atoms with Crippen molar-refractivity contribution in [3.05, 3.63) is 66.0 Å². The number of benzene rings is 2. The van der Waals surface area contributed by atoms with E-state index in [-0.39, 0.29) is 5.82 Å². The van der Waals surface area contributed by atoms with Gasteiger partial charge in [-0.15, -0.1) is 0 Å². The Balaban J connectivity index is 1.59. The highest BCUT2D eigenvalue weighted by atomic mass is 32.1. The van der Waals surface area contributed by atoms with Crippen LogP contribution in [0.1, 0.15) is 12.0 Å². The first-order valence-electron chi connectivity index (χ1n) is 9.36. The van der Waals surface area contributed by atoms with Crippen LogP contribution in [0.4, 0.5) is 10.1 Å². The van der Waals surface area contributed by atoms with Gasteiger partial charge in [-0.25, -0.2) is 4.39 Å². The monoisotopic (exact) mass is 387 g/mol. The molecule has 0 spiro atoms. The van der Waals surface area contributed by atoms with Crippen molar-refractivity contribution in [1.82, 2.24) is 9.80 Å². The summed E-state index contributed by atoms with van der Waals surface area (Å²) >= 11 is 5.66. The molecule has 27 heavy (non-hydrogen) atoms. The van der Waals surface area contributed by atoms with Crippen LogP contribution in [0, 0.1) is 5.82 Å². The lowest BCUT2D eigenvalue weighted by Gasteiger charge is -2.29. The number of hydrogen-bond acceptors (Lipinski definition) is 3. The quantitative estimate of drug-likeness (QED) is 0.731. The van der Waals surface area contributed by atoms with Crippen molar-refractivity contribution in [3.63, 3.8) is 0 Å². The van der Waals surface area contributed by atoms with Crippen molar-refractivity contribution < 1.29 is 9.13 Å². The molecule has 3 rings (SSSR count). The lowest BCUT2D eigenvalue weighted by molar-refractivity contribution is 0.0368. The standard InChI is InChI=1S/C21H26FN3OS/c22-19-9-7-18(8-10-19)17-25(12-4-11-24-13-15-26-16-14-24)21(27)23-20-5-2-1-3-6-20/h1-3,5-10H,4,11-17H2,(H,23,27). The number of anilines is 1. The summed E-state index contributed by atoms with van der Waals surface area (Å²) in [7, 11) is 0. The Bertz CT molecular complexity index is 705. The summed E-state index contributed by atoms with van der Waals surface area (Å²) in [4.78, 5) is 4.57. The first kappa shape index (κ1) is 19.7. The molecule has 0 amide bonds. The number of thiocarbonyl (C=S) groups is 1. The summed E-state index contributed by atoms with van der Waals surface area (Å²) in [5.74, 6) is -0.220. The number of ether oxygens (including phenoxy) is 1. The van der Waals surface area contributed by atoms with Gasteiger partial charge >= 0.3 is 0 Å². The minimum Gasteiger partial charge on any atom is -0.379 e. The maximum atomic E-state index is 13.2. The molecular weight excluding hydrogens is 361 g/mol. The highest BCUT2D eigenvalue weighted by molar-refractivity contribution is 7.80. The fourth-order valence-electron chi connectivity index (χ4n) is 3.10. The predicted molar refractivity (Wildman–Crippen MR) is 111 cm³/mol. The Morgan fingerprint density at radius 2 is 1.78 bits per heavy atom. The molecule has 2 aromatic carbocycles. The summed E-state index contributed by atoms with van der Waals surface area (Å²) in [5, 5.41) is 4.00. The molecule has 1 saturated heterocycles. The van der Waals surface area contributed by atoms with Gasteiger partial charge in [-0.3, -0.25) is 4.90 Å². The second-order valence-corrected chi connectivity index (χ2v) is 7.04. The molecule has 0 saturated carbocycles. The third-order valence-electron chi connectivity index (χ3n) is 4.61. The van der Waals surface area contributed by atoms with Gasteiger partial charge in [0.15, 0.2) is 5.11 Å². The van der Waals surface area contributed by atoms with Gasteiger partial charge in [0.2, 0.25) is 0 Å². The molecule has 1 heterocycles. The smallest absolute Gasteiger partial charge is 0.173 e. The Hall–Kier alpha value is -2.02. The number of halogens is 1. The molecule has 1 aliphatic heterocycles. The van der Waals surface area contributed by atoms with E-state index in [1.165, 1.54) is 12.1 Å². The van der Waals surface area contributed by atoms with Crippen LogP contribution in [-0.4, -0.2) is 54.3 Å². The van der Waals surface area contributed by atoms with Crippen LogP contribution >= 0.6 is 12.2 Å². The molecule has 1 aliphatic rings. The maximum absolute atomic E-state index is 13.2. The van der Waals surface area contributed by atoms with Crippen LogP contribution in [0.25, 0.3) is 0 Å². The third kappa shape index (κ3) is 6.57. The Morgan fingerprint density at radius 3 is 2.48 bits per heavy atom. The molecule has 2 aromatic rings. The van der Waals surface area contributed by atoms with E-state index >= 15 is 0 Å². The minimum absolute atomic E-state index is 0.220. The minimum atomic E-state index is -0.220. The number of nitrogens with zero attached hydrogens (tertiary/aromatic N) is 2. The van der Waals surface area contributed by atoms with Crippen LogP contribution in [-0.2, 0) is 11.3 Å². The van der Waals surface area contributed by atoms with Gasteiger partial charge in [-0.2, -0.15) is 0 Å². The molecular formula is C21H26FN3OS. The molecule has 0 atom stereocenters. The lowest BCUT2D eigenvalue weighted by Crippen LogP contribution is -2.40. The van der Waals surface area contributed by atoms with Gasteiger partial charge in [0.25, 0.3) is 0 Å². The van der Waals surface area contributed by atoms with Crippen LogP contribution in [0.15, 0.2) is 54.6 Å². The largest absolute Gasteiger partial charge is 0.379 e. The van der Waals surface area contributed by atoms with Gasteiger partial charge in [-0.05, 0) is 48.5 Å². The molecule has 0 radical (unpaired) electrons. The fourth-order valence-corrected chi connectivity index (χ4v) is 3.37. The SMILES string of the molecule is Fc1ccc(CN(CCCN2CCOCC2)C(=S)Nc2ccccc2)cc1. The number of rotatable bonds is 7. The highest BCUT2D eigenvalue weighted by Crippen LogP contribution is 2.12. The third-order valence-corrected chi connectivity index (χ3v) is 4.97. The number of hydrogen-bond donors (Lipinski definition) is 1. The topological polar surface area (TPSA) is 27.7 Å². The summed E-state index contributed by atoms with van der Waals surface area (Å²) in [6.45, 7) is 6.13. The van der Waals surface area contributed by atoms with E-state index in [1.807, 2.05) is 42.5 Å². The van der Waals surface area contributed by atoms with Gasteiger partial charge in [0.05, 0.1) is 13.2 Å². The number of nitrogens with one attached hydrogen (secondary N) is 1. The van der Waals surface area contributed by atoms with E-state index < -0.39 is 0 Å². The van der Waals surface area contributed by atoms with Gasteiger partial charge in [0.1, 0.15) is 5.82 Å². The van der Waals surface area contributed by atoms with E-state index in [1.54, 1.807) is 0 Å². The zero-order valence-corrected chi connectivity index (χ0v) is 16.3. The van der Waals surface area contributed by atoms with Crippen molar-refractivity contribution in [2.24, 2.45) is 0 Å². The van der Waals surface area contributed by atoms with Gasteiger partial charge < -0.3 is 15.0 Å². The highest BCUT2D eigenvalue weighted by Gasteiger charge is 2.14. The van der Waals surface area contributed by atoms with Crippen LogP contribution < -0.4 is 5.32 Å².